The third-order valence-electron chi connectivity index (χ3n) is 2.31. The SMILES string of the molecule is C=CNC(=NCc1ccc(OC)cc1OC)SC. The van der Waals surface area contributed by atoms with E-state index in [1.807, 2.05) is 24.5 Å². The van der Waals surface area contributed by atoms with Gasteiger partial charge in [-0.15, -0.1) is 0 Å². The average Bonchev–Trinajstić information content (AvgIpc) is 2.43. The minimum Gasteiger partial charge on any atom is -0.497 e. The van der Waals surface area contributed by atoms with Crippen LogP contribution in [0.15, 0.2) is 36.0 Å². The normalized spacial score (nSPS) is 10.9. The van der Waals surface area contributed by atoms with Gasteiger partial charge in [-0.1, -0.05) is 18.3 Å². The fourth-order valence-electron chi connectivity index (χ4n) is 1.40. The lowest BCUT2D eigenvalue weighted by Gasteiger charge is -2.09. The predicted octanol–water partition coefficient (Wildman–Crippen LogP) is 2.66. The highest BCUT2D eigenvalue weighted by Crippen LogP contribution is 2.25. The number of thioether (sulfide) groups is 1. The molecule has 0 aromatic heterocycles. The van der Waals surface area contributed by atoms with Crippen LogP contribution in [0, 0.1) is 0 Å². The van der Waals surface area contributed by atoms with Crippen molar-refractivity contribution in [2.75, 3.05) is 20.5 Å². The topological polar surface area (TPSA) is 42.9 Å². The van der Waals surface area contributed by atoms with Gasteiger partial charge in [-0.05, 0) is 24.6 Å². The summed E-state index contributed by atoms with van der Waals surface area (Å²) < 4.78 is 10.5. The summed E-state index contributed by atoms with van der Waals surface area (Å²) in [5.74, 6) is 1.55. The van der Waals surface area contributed by atoms with Crippen LogP contribution in [-0.4, -0.2) is 25.6 Å². The van der Waals surface area contributed by atoms with Gasteiger partial charge in [0.2, 0.25) is 0 Å². The van der Waals surface area contributed by atoms with Crippen LogP contribution in [0.2, 0.25) is 0 Å². The van der Waals surface area contributed by atoms with Crippen molar-refractivity contribution in [3.63, 3.8) is 0 Å². The average molecular weight is 266 g/mol. The smallest absolute Gasteiger partial charge is 0.160 e. The zero-order valence-corrected chi connectivity index (χ0v) is 11.7. The van der Waals surface area contributed by atoms with Crippen molar-refractivity contribution in [2.45, 2.75) is 6.54 Å². The summed E-state index contributed by atoms with van der Waals surface area (Å²) >= 11 is 1.54. The summed E-state index contributed by atoms with van der Waals surface area (Å²) in [7, 11) is 3.27. The van der Waals surface area contributed by atoms with Gasteiger partial charge in [0.05, 0.1) is 20.8 Å². The van der Waals surface area contributed by atoms with E-state index in [1.165, 1.54) is 11.8 Å². The molecule has 0 amide bonds. The number of rotatable bonds is 5. The standard InChI is InChI=1S/C13H18N2O2S/c1-5-14-13(18-4)15-9-10-6-7-11(16-2)8-12(10)17-3/h5-8H,1,9H2,2-4H3,(H,14,15). The number of methoxy groups -OCH3 is 2. The van der Waals surface area contributed by atoms with Crippen LogP contribution in [0.4, 0.5) is 0 Å². The quantitative estimate of drug-likeness (QED) is 0.657. The van der Waals surface area contributed by atoms with E-state index in [-0.39, 0.29) is 0 Å². The number of ether oxygens (including phenoxy) is 2. The minimum atomic E-state index is 0.546. The van der Waals surface area contributed by atoms with Gasteiger partial charge < -0.3 is 14.8 Å². The van der Waals surface area contributed by atoms with E-state index in [1.54, 1.807) is 20.4 Å². The van der Waals surface area contributed by atoms with Gasteiger partial charge in [0, 0.05) is 11.6 Å². The van der Waals surface area contributed by atoms with Gasteiger partial charge in [0.1, 0.15) is 11.5 Å². The van der Waals surface area contributed by atoms with Crippen molar-refractivity contribution in [1.29, 1.82) is 0 Å². The molecule has 0 aliphatic heterocycles. The summed E-state index contributed by atoms with van der Waals surface area (Å²) in [6.45, 7) is 4.16. The van der Waals surface area contributed by atoms with E-state index in [0.717, 1.165) is 22.2 Å². The zero-order valence-electron chi connectivity index (χ0n) is 10.9. The van der Waals surface area contributed by atoms with Gasteiger partial charge in [-0.25, -0.2) is 0 Å². The number of amidine groups is 1. The van der Waals surface area contributed by atoms with E-state index < -0.39 is 0 Å². The number of nitrogens with zero attached hydrogens (tertiary/aromatic N) is 1. The lowest BCUT2D eigenvalue weighted by atomic mass is 10.2. The van der Waals surface area contributed by atoms with Gasteiger partial charge in [-0.2, -0.15) is 0 Å². The summed E-state index contributed by atoms with van der Waals surface area (Å²) in [4.78, 5) is 4.44. The number of aliphatic imine (C=N–C) groups is 1. The van der Waals surface area contributed by atoms with Crippen LogP contribution < -0.4 is 14.8 Å². The summed E-state index contributed by atoms with van der Waals surface area (Å²) in [5, 5.41) is 3.80. The van der Waals surface area contributed by atoms with Crippen LogP contribution in [0.25, 0.3) is 0 Å². The Labute approximate surface area is 112 Å². The van der Waals surface area contributed by atoms with E-state index in [4.69, 9.17) is 9.47 Å². The molecule has 0 spiro atoms. The van der Waals surface area contributed by atoms with Crippen molar-refractivity contribution in [3.8, 4) is 11.5 Å². The minimum absolute atomic E-state index is 0.546. The maximum Gasteiger partial charge on any atom is 0.160 e. The molecule has 0 atom stereocenters. The highest BCUT2D eigenvalue weighted by molar-refractivity contribution is 8.13. The number of hydrogen-bond donors (Lipinski definition) is 1. The molecule has 0 aliphatic rings. The highest BCUT2D eigenvalue weighted by atomic mass is 32.2. The second-order valence-electron chi connectivity index (χ2n) is 3.35. The molecule has 18 heavy (non-hydrogen) atoms. The van der Waals surface area contributed by atoms with Crippen molar-refractivity contribution < 1.29 is 9.47 Å². The first kappa shape index (κ1) is 14.4. The van der Waals surface area contributed by atoms with Crippen LogP contribution in [0.3, 0.4) is 0 Å². The van der Waals surface area contributed by atoms with E-state index in [2.05, 4.69) is 16.9 Å². The molecule has 0 fully saturated rings. The second kappa shape index (κ2) is 7.66. The molecule has 1 N–H and O–H groups in total. The molecule has 0 aliphatic carbocycles. The third kappa shape index (κ3) is 4.00. The predicted molar refractivity (Wildman–Crippen MR) is 77.5 cm³/mol. The lowest BCUT2D eigenvalue weighted by molar-refractivity contribution is 0.391. The molecule has 5 heteroatoms. The fourth-order valence-corrected chi connectivity index (χ4v) is 1.79. The van der Waals surface area contributed by atoms with Crippen LogP contribution >= 0.6 is 11.8 Å². The Hall–Kier alpha value is -1.62. The molecular formula is C13H18N2O2S. The maximum absolute atomic E-state index is 5.32. The van der Waals surface area contributed by atoms with E-state index in [9.17, 15) is 0 Å². The van der Waals surface area contributed by atoms with Crippen molar-refractivity contribution in [3.05, 3.63) is 36.5 Å². The van der Waals surface area contributed by atoms with Crippen LogP contribution in [0.5, 0.6) is 11.5 Å². The molecule has 0 saturated heterocycles. The first-order valence-electron chi connectivity index (χ1n) is 5.42. The van der Waals surface area contributed by atoms with Gasteiger partial charge in [-0.3, -0.25) is 4.99 Å². The third-order valence-corrected chi connectivity index (χ3v) is 2.94. The Morgan fingerprint density at radius 2 is 2.22 bits per heavy atom. The molecule has 1 aromatic rings. The Bertz CT molecular complexity index is 433. The van der Waals surface area contributed by atoms with Crippen molar-refractivity contribution in [1.82, 2.24) is 5.32 Å². The number of benzene rings is 1. The number of nitrogens with one attached hydrogen (secondary N) is 1. The summed E-state index contributed by atoms with van der Waals surface area (Å²) in [6, 6.07) is 5.70. The Morgan fingerprint density at radius 3 is 2.78 bits per heavy atom. The molecule has 4 nitrogen and oxygen atoms in total. The van der Waals surface area contributed by atoms with E-state index in [0.29, 0.717) is 6.54 Å². The molecule has 1 rings (SSSR count). The highest BCUT2D eigenvalue weighted by Gasteiger charge is 2.04. The molecular weight excluding hydrogens is 248 g/mol. The van der Waals surface area contributed by atoms with Gasteiger partial charge in [0.25, 0.3) is 0 Å². The maximum atomic E-state index is 5.32. The monoisotopic (exact) mass is 266 g/mol. The molecule has 0 heterocycles. The summed E-state index contributed by atoms with van der Waals surface area (Å²) in [6.07, 6.45) is 3.57. The lowest BCUT2D eigenvalue weighted by Crippen LogP contribution is -2.12. The first-order chi connectivity index (χ1) is 8.74. The Kier molecular flexibility index (Phi) is 6.14. The molecule has 0 bridgehead atoms. The molecule has 0 saturated carbocycles. The largest absolute Gasteiger partial charge is 0.497 e. The number of hydrogen-bond acceptors (Lipinski definition) is 4. The van der Waals surface area contributed by atoms with E-state index >= 15 is 0 Å². The first-order valence-corrected chi connectivity index (χ1v) is 6.64. The zero-order chi connectivity index (χ0) is 13.4. The van der Waals surface area contributed by atoms with Gasteiger partial charge in [0.15, 0.2) is 5.17 Å². The van der Waals surface area contributed by atoms with Crippen molar-refractivity contribution >= 4 is 16.9 Å². The Morgan fingerprint density at radius 1 is 1.44 bits per heavy atom. The fraction of sp³-hybridized carbons (Fsp3) is 0.308. The summed E-state index contributed by atoms with van der Waals surface area (Å²) in [5.41, 5.74) is 1.01. The molecule has 0 radical (unpaired) electrons. The molecule has 0 unspecified atom stereocenters. The van der Waals surface area contributed by atoms with Crippen LogP contribution in [-0.2, 0) is 6.54 Å². The second-order valence-corrected chi connectivity index (χ2v) is 4.15. The van der Waals surface area contributed by atoms with Gasteiger partial charge >= 0.3 is 0 Å². The van der Waals surface area contributed by atoms with Crippen molar-refractivity contribution in [2.24, 2.45) is 4.99 Å². The molecule has 98 valence electrons. The van der Waals surface area contributed by atoms with Crippen LogP contribution in [0.1, 0.15) is 5.56 Å². The Balaban J connectivity index is 2.86. The molecule has 1 aromatic carbocycles.